The first-order chi connectivity index (χ1) is 35.1. The third-order valence-corrected chi connectivity index (χ3v) is 12.5. The van der Waals surface area contributed by atoms with Gasteiger partial charge in [0, 0.05) is 44.2 Å². The van der Waals surface area contributed by atoms with Crippen molar-refractivity contribution in [2.45, 2.75) is 18.5 Å². The molecule has 0 aliphatic carbocycles. The van der Waals surface area contributed by atoms with Gasteiger partial charge in [0.1, 0.15) is 0 Å². The van der Waals surface area contributed by atoms with E-state index in [4.69, 9.17) is 19.9 Å². The first kappa shape index (κ1) is 46.5. The van der Waals surface area contributed by atoms with Gasteiger partial charge in [-0.2, -0.15) is 39.5 Å². The van der Waals surface area contributed by atoms with Gasteiger partial charge >= 0.3 is 18.5 Å². The lowest BCUT2D eigenvalue weighted by atomic mass is 9.96. The van der Waals surface area contributed by atoms with Gasteiger partial charge in [-0.1, -0.05) is 146 Å². The molecule has 3 heterocycles. The van der Waals surface area contributed by atoms with Crippen LogP contribution in [0.25, 0.3) is 106 Å². The Bertz CT molecular complexity index is 3560. The van der Waals surface area contributed by atoms with Gasteiger partial charge in [0.25, 0.3) is 0 Å². The Morgan fingerprint density at radius 1 is 0.288 bits per heavy atom. The molecular weight excluding hydrogens is 950 g/mol. The van der Waals surface area contributed by atoms with Crippen molar-refractivity contribution in [3.8, 4) is 84.6 Å². The Balaban J connectivity index is 1.28. The minimum Gasteiger partial charge on any atom is -0.308 e. The zero-order valence-electron chi connectivity index (χ0n) is 37.8. The SMILES string of the molecule is FC(F)(F)c1cc(-c2ccc3c(c2)c2ccccc2n3-c2c(-c3cc(-c4ccccc4)nc(-c4ccccc4)n3)cc(C(F)(F)F)cc2-c2nc(-c3ccccc3)cc(-c3ccccc3)n2)cc(C(F)(F)F)c1. The van der Waals surface area contributed by atoms with E-state index in [2.05, 4.69) is 0 Å². The summed E-state index contributed by atoms with van der Waals surface area (Å²) in [6.45, 7) is 0. The highest BCUT2D eigenvalue weighted by molar-refractivity contribution is 6.11. The molecule has 0 spiro atoms. The number of aromatic nitrogens is 5. The fourth-order valence-electron chi connectivity index (χ4n) is 9.06. The fraction of sp³-hybridized carbons (Fsp3) is 0.0508. The standard InChI is InChI=1S/C59H34F9N5/c60-57(61,62)41-27-40(28-42(30-41)58(63,64)65)39-25-26-53-45(29-39)44-23-13-14-24-52(44)73(53)54-46(51-34-50(37-19-9-3-10-20-37)69-55(72-51)38-21-11-4-12-22-38)31-43(59(66,67)68)32-47(54)56-70-48(35-15-5-1-6-16-35)33-49(71-56)36-17-7-2-8-18-36/h1-34H. The molecule has 3 aromatic heterocycles. The molecule has 11 aromatic rings. The summed E-state index contributed by atoms with van der Waals surface area (Å²) in [7, 11) is 0. The van der Waals surface area contributed by atoms with Crippen molar-refractivity contribution in [2.24, 2.45) is 0 Å². The largest absolute Gasteiger partial charge is 0.416 e. The molecule has 0 aliphatic rings. The second-order valence-electron chi connectivity index (χ2n) is 17.2. The van der Waals surface area contributed by atoms with Gasteiger partial charge in [0.05, 0.1) is 56.2 Å². The van der Waals surface area contributed by atoms with E-state index < -0.39 is 35.2 Å². The minimum atomic E-state index is -5.10. The summed E-state index contributed by atoms with van der Waals surface area (Å²) in [6.07, 6.45) is -15.1. The third kappa shape index (κ3) is 9.07. The molecule has 0 saturated carbocycles. The molecule has 14 heteroatoms. The van der Waals surface area contributed by atoms with Crippen LogP contribution in [0.3, 0.4) is 0 Å². The Kier molecular flexibility index (Phi) is 11.5. The molecular formula is C59H34F9N5. The monoisotopic (exact) mass is 983 g/mol. The van der Waals surface area contributed by atoms with Gasteiger partial charge in [-0.05, 0) is 71.8 Å². The lowest BCUT2D eigenvalue weighted by Gasteiger charge is -2.22. The first-order valence-electron chi connectivity index (χ1n) is 22.7. The number of nitrogens with zero attached hydrogens (tertiary/aromatic N) is 5. The number of para-hydroxylation sites is 1. The van der Waals surface area contributed by atoms with Crippen LogP contribution in [0.5, 0.6) is 0 Å². The van der Waals surface area contributed by atoms with E-state index in [1.807, 2.05) is 97.1 Å². The lowest BCUT2D eigenvalue weighted by molar-refractivity contribution is -0.143. The van der Waals surface area contributed by atoms with Crippen molar-refractivity contribution < 1.29 is 39.5 Å². The van der Waals surface area contributed by atoms with Crippen molar-refractivity contribution in [2.75, 3.05) is 0 Å². The van der Waals surface area contributed by atoms with Crippen LogP contribution < -0.4 is 0 Å². The number of benzene rings is 8. The number of fused-ring (bicyclic) bond motifs is 3. The van der Waals surface area contributed by atoms with Crippen LogP contribution in [0.4, 0.5) is 39.5 Å². The van der Waals surface area contributed by atoms with Crippen LogP contribution in [-0.2, 0) is 18.5 Å². The lowest BCUT2D eigenvalue weighted by Crippen LogP contribution is -2.11. The van der Waals surface area contributed by atoms with E-state index in [1.54, 1.807) is 65.2 Å². The average Bonchev–Trinajstić information content (AvgIpc) is 3.73. The maximum atomic E-state index is 15.7. The van der Waals surface area contributed by atoms with E-state index in [-0.39, 0.29) is 51.4 Å². The zero-order valence-corrected chi connectivity index (χ0v) is 37.8. The highest BCUT2D eigenvalue weighted by Crippen LogP contribution is 2.47. The quantitative estimate of drug-likeness (QED) is 0.142. The Labute approximate surface area is 410 Å². The molecule has 0 aliphatic heterocycles. The maximum Gasteiger partial charge on any atom is 0.416 e. The van der Waals surface area contributed by atoms with Gasteiger partial charge in [-0.25, -0.2) is 19.9 Å². The van der Waals surface area contributed by atoms with Crippen molar-refractivity contribution in [1.29, 1.82) is 0 Å². The summed E-state index contributed by atoms with van der Waals surface area (Å²) in [5.74, 6) is 0.121. The van der Waals surface area contributed by atoms with Gasteiger partial charge in [0.2, 0.25) is 0 Å². The minimum absolute atomic E-state index is 0.0176. The normalized spacial score (nSPS) is 12.2. The molecule has 0 unspecified atom stereocenters. The van der Waals surface area contributed by atoms with Crippen molar-refractivity contribution in [3.05, 3.63) is 223 Å². The predicted octanol–water partition coefficient (Wildman–Crippen LogP) is 17.1. The molecule has 73 heavy (non-hydrogen) atoms. The summed E-state index contributed by atoms with van der Waals surface area (Å²) >= 11 is 0. The van der Waals surface area contributed by atoms with Gasteiger partial charge in [-0.3, -0.25) is 0 Å². The second kappa shape index (κ2) is 18.0. The van der Waals surface area contributed by atoms with Gasteiger partial charge in [0.15, 0.2) is 11.6 Å². The molecule has 0 radical (unpaired) electrons. The molecule has 5 nitrogen and oxygen atoms in total. The highest BCUT2D eigenvalue weighted by atomic mass is 19.4. The number of halogens is 9. The number of hydrogen-bond acceptors (Lipinski definition) is 4. The topological polar surface area (TPSA) is 56.5 Å². The molecule has 8 aromatic carbocycles. The summed E-state index contributed by atoms with van der Waals surface area (Å²) in [5, 5.41) is 0.859. The van der Waals surface area contributed by atoms with Gasteiger partial charge in [-0.15, -0.1) is 0 Å². The summed E-state index contributed by atoms with van der Waals surface area (Å²) in [6, 6.07) is 54.3. The van der Waals surface area contributed by atoms with Crippen LogP contribution in [0.2, 0.25) is 0 Å². The van der Waals surface area contributed by atoms with Crippen LogP contribution in [-0.4, -0.2) is 24.5 Å². The third-order valence-electron chi connectivity index (χ3n) is 12.5. The van der Waals surface area contributed by atoms with Crippen molar-refractivity contribution >= 4 is 21.8 Å². The molecule has 0 saturated heterocycles. The van der Waals surface area contributed by atoms with Crippen molar-refractivity contribution in [1.82, 2.24) is 24.5 Å². The van der Waals surface area contributed by atoms with Gasteiger partial charge < -0.3 is 4.57 Å². The van der Waals surface area contributed by atoms with Crippen LogP contribution in [0.1, 0.15) is 16.7 Å². The second-order valence-corrected chi connectivity index (χ2v) is 17.2. The molecule has 358 valence electrons. The smallest absolute Gasteiger partial charge is 0.308 e. The number of alkyl halides is 9. The Morgan fingerprint density at radius 2 is 0.699 bits per heavy atom. The van der Waals surface area contributed by atoms with Crippen LogP contribution >= 0.6 is 0 Å². The zero-order chi connectivity index (χ0) is 50.6. The van der Waals surface area contributed by atoms with E-state index in [0.717, 1.165) is 12.1 Å². The molecule has 0 amide bonds. The molecule has 0 atom stereocenters. The Morgan fingerprint density at radius 3 is 1.22 bits per heavy atom. The number of hydrogen-bond donors (Lipinski definition) is 0. The average molecular weight is 984 g/mol. The first-order valence-corrected chi connectivity index (χ1v) is 22.7. The summed E-state index contributed by atoms with van der Waals surface area (Å²) < 4.78 is 134. The van der Waals surface area contributed by atoms with Crippen LogP contribution in [0, 0.1) is 0 Å². The van der Waals surface area contributed by atoms with E-state index in [9.17, 15) is 26.3 Å². The molecule has 0 N–H and O–H groups in total. The summed E-state index contributed by atoms with van der Waals surface area (Å²) in [4.78, 5) is 20.0. The fourth-order valence-corrected chi connectivity index (χ4v) is 9.06. The highest BCUT2D eigenvalue weighted by Gasteiger charge is 2.38. The van der Waals surface area contributed by atoms with E-state index >= 15 is 13.2 Å². The predicted molar refractivity (Wildman–Crippen MR) is 265 cm³/mol. The van der Waals surface area contributed by atoms with Crippen LogP contribution in [0.15, 0.2) is 206 Å². The van der Waals surface area contributed by atoms with E-state index in [1.165, 1.54) is 18.2 Å². The molecule has 0 fully saturated rings. The van der Waals surface area contributed by atoms with Crippen molar-refractivity contribution in [3.63, 3.8) is 0 Å². The summed E-state index contributed by atoms with van der Waals surface area (Å²) in [5.41, 5.74) is 0.320. The maximum absolute atomic E-state index is 15.7. The molecule has 0 bridgehead atoms. The Hall–Kier alpha value is -8.91. The number of rotatable bonds is 8. The molecule has 11 rings (SSSR count). The van der Waals surface area contributed by atoms with E-state index in [0.29, 0.717) is 73.3 Å².